The quantitative estimate of drug-likeness (QED) is 0.743. The molecule has 0 unspecified atom stereocenters. The van der Waals surface area contributed by atoms with Crippen molar-refractivity contribution in [1.82, 2.24) is 19.1 Å². The van der Waals surface area contributed by atoms with Crippen LogP contribution in [0.4, 0.5) is 0 Å². The fraction of sp³-hybridized carbons (Fsp3) is 0.583. The first kappa shape index (κ1) is 13.5. The minimum atomic E-state index is -0.437. The van der Waals surface area contributed by atoms with Crippen molar-refractivity contribution in [2.24, 2.45) is 7.05 Å². The van der Waals surface area contributed by atoms with E-state index in [0.717, 1.165) is 6.42 Å². The zero-order valence-electron chi connectivity index (χ0n) is 11.1. The summed E-state index contributed by atoms with van der Waals surface area (Å²) in [6.07, 6.45) is 3.26. The summed E-state index contributed by atoms with van der Waals surface area (Å²) in [4.78, 5) is 30.5. The molecular formula is C12H18N4O3. The molecule has 0 bridgehead atoms. The van der Waals surface area contributed by atoms with Crippen molar-refractivity contribution in [3.05, 3.63) is 27.2 Å². The second-order valence-corrected chi connectivity index (χ2v) is 4.78. The van der Waals surface area contributed by atoms with E-state index in [-0.39, 0.29) is 11.7 Å². The molecule has 0 aliphatic heterocycles. The average molecular weight is 266 g/mol. The third-order valence-electron chi connectivity index (χ3n) is 3.11. The van der Waals surface area contributed by atoms with Crippen LogP contribution in [-0.4, -0.2) is 30.3 Å². The molecule has 0 fully saturated rings. The van der Waals surface area contributed by atoms with E-state index in [4.69, 9.17) is 5.11 Å². The van der Waals surface area contributed by atoms with Crippen LogP contribution in [0.15, 0.2) is 15.9 Å². The molecule has 7 nitrogen and oxygen atoms in total. The topological polar surface area (TPSA) is 92.9 Å². The van der Waals surface area contributed by atoms with Crippen LogP contribution in [0.25, 0.3) is 11.2 Å². The molecule has 104 valence electrons. The van der Waals surface area contributed by atoms with Gasteiger partial charge in [-0.2, -0.15) is 0 Å². The molecule has 2 rings (SSSR count). The Balaban J connectivity index is 2.25. The molecule has 7 heteroatoms. The van der Waals surface area contributed by atoms with Crippen molar-refractivity contribution in [3.8, 4) is 0 Å². The monoisotopic (exact) mass is 266 g/mol. The van der Waals surface area contributed by atoms with Crippen molar-refractivity contribution < 1.29 is 5.11 Å². The minimum absolute atomic E-state index is 0.317. The summed E-state index contributed by atoms with van der Waals surface area (Å²) in [5.74, 6) is 0. The van der Waals surface area contributed by atoms with E-state index in [0.29, 0.717) is 30.6 Å². The van der Waals surface area contributed by atoms with Crippen molar-refractivity contribution in [3.63, 3.8) is 0 Å². The molecule has 0 saturated heterocycles. The maximum atomic E-state index is 12.2. The van der Waals surface area contributed by atoms with E-state index in [9.17, 15) is 9.59 Å². The molecule has 0 saturated carbocycles. The number of fused-ring (bicyclic) bond motifs is 1. The van der Waals surface area contributed by atoms with Crippen molar-refractivity contribution in [2.45, 2.75) is 38.8 Å². The van der Waals surface area contributed by atoms with Gasteiger partial charge in [0.15, 0.2) is 11.2 Å². The molecule has 2 aromatic heterocycles. The smallest absolute Gasteiger partial charge is 0.330 e. The zero-order valence-corrected chi connectivity index (χ0v) is 11.1. The number of aromatic nitrogens is 4. The maximum Gasteiger partial charge on any atom is 0.330 e. The Kier molecular flexibility index (Phi) is 3.84. The van der Waals surface area contributed by atoms with Gasteiger partial charge in [0.2, 0.25) is 0 Å². The van der Waals surface area contributed by atoms with Gasteiger partial charge >= 0.3 is 5.69 Å². The molecule has 2 N–H and O–H groups in total. The highest BCUT2D eigenvalue weighted by atomic mass is 16.3. The fourth-order valence-corrected chi connectivity index (χ4v) is 2.08. The number of nitrogens with zero attached hydrogens (tertiary/aromatic N) is 3. The van der Waals surface area contributed by atoms with Gasteiger partial charge in [-0.05, 0) is 26.2 Å². The lowest BCUT2D eigenvalue weighted by Gasteiger charge is -2.06. The van der Waals surface area contributed by atoms with Gasteiger partial charge < -0.3 is 9.67 Å². The van der Waals surface area contributed by atoms with Gasteiger partial charge in [-0.1, -0.05) is 0 Å². The van der Waals surface area contributed by atoms with Gasteiger partial charge in [0, 0.05) is 13.6 Å². The second kappa shape index (κ2) is 5.40. The van der Waals surface area contributed by atoms with Crippen LogP contribution in [0.2, 0.25) is 0 Å². The SMILES string of the molecule is C[C@H](O)CCCCn1c(=O)[nH]c2ncn(C)c2c1=O. The van der Waals surface area contributed by atoms with E-state index in [1.807, 2.05) is 0 Å². The van der Waals surface area contributed by atoms with E-state index in [2.05, 4.69) is 9.97 Å². The minimum Gasteiger partial charge on any atom is -0.393 e. The molecule has 2 aromatic rings. The Morgan fingerprint density at radius 1 is 1.42 bits per heavy atom. The summed E-state index contributed by atoms with van der Waals surface area (Å²) in [6.45, 7) is 2.07. The summed E-state index contributed by atoms with van der Waals surface area (Å²) in [5, 5.41) is 9.16. The molecular weight excluding hydrogens is 248 g/mol. The van der Waals surface area contributed by atoms with E-state index < -0.39 is 5.69 Å². The second-order valence-electron chi connectivity index (χ2n) is 4.78. The van der Waals surface area contributed by atoms with Crippen LogP contribution in [0, 0.1) is 0 Å². The van der Waals surface area contributed by atoms with Crippen LogP contribution in [0.1, 0.15) is 26.2 Å². The highest BCUT2D eigenvalue weighted by Crippen LogP contribution is 2.03. The number of unbranched alkanes of at least 4 members (excludes halogenated alkanes) is 1. The first-order valence-corrected chi connectivity index (χ1v) is 6.33. The Morgan fingerprint density at radius 2 is 2.16 bits per heavy atom. The number of hydrogen-bond donors (Lipinski definition) is 2. The maximum absolute atomic E-state index is 12.2. The first-order chi connectivity index (χ1) is 9.00. The number of rotatable bonds is 5. The van der Waals surface area contributed by atoms with Gasteiger partial charge in [0.1, 0.15) is 0 Å². The van der Waals surface area contributed by atoms with Gasteiger partial charge in [-0.15, -0.1) is 0 Å². The highest BCUT2D eigenvalue weighted by Gasteiger charge is 2.11. The summed E-state index contributed by atoms with van der Waals surface area (Å²) in [6, 6.07) is 0. The van der Waals surface area contributed by atoms with Crippen molar-refractivity contribution in [1.29, 1.82) is 0 Å². The fourth-order valence-electron chi connectivity index (χ4n) is 2.08. The highest BCUT2D eigenvalue weighted by molar-refractivity contribution is 5.68. The number of aryl methyl sites for hydroxylation is 1. The molecule has 0 amide bonds. The number of hydrogen-bond acceptors (Lipinski definition) is 4. The summed E-state index contributed by atoms with van der Waals surface area (Å²) >= 11 is 0. The van der Waals surface area contributed by atoms with E-state index in [1.165, 1.54) is 10.9 Å². The van der Waals surface area contributed by atoms with Crippen molar-refractivity contribution in [2.75, 3.05) is 0 Å². The number of aliphatic hydroxyl groups excluding tert-OH is 1. The predicted octanol–water partition coefficient (Wildman–Crippen LogP) is -0.0256. The van der Waals surface area contributed by atoms with Crippen LogP contribution in [0.5, 0.6) is 0 Å². The molecule has 0 aliphatic carbocycles. The normalized spacial score (nSPS) is 13.0. The molecule has 19 heavy (non-hydrogen) atoms. The number of nitrogens with one attached hydrogen (secondary N) is 1. The van der Waals surface area contributed by atoms with Crippen LogP contribution in [0.3, 0.4) is 0 Å². The zero-order chi connectivity index (χ0) is 14.0. The molecule has 0 spiro atoms. The average Bonchev–Trinajstić information content (AvgIpc) is 2.69. The largest absolute Gasteiger partial charge is 0.393 e. The van der Waals surface area contributed by atoms with Gasteiger partial charge in [-0.25, -0.2) is 9.78 Å². The standard InChI is InChI=1S/C12H18N4O3/c1-8(17)5-3-4-6-16-11(18)9-10(14-12(16)19)13-7-15(9)2/h7-8,17H,3-6H2,1-2H3,(H,14,19)/t8-/m0/s1. The predicted molar refractivity (Wildman–Crippen MR) is 71.1 cm³/mol. The number of aromatic amines is 1. The van der Waals surface area contributed by atoms with Crippen LogP contribution >= 0.6 is 0 Å². The molecule has 0 aromatic carbocycles. The Morgan fingerprint density at radius 3 is 2.84 bits per heavy atom. The number of aliphatic hydroxyl groups is 1. The Labute approximate surface area is 109 Å². The first-order valence-electron chi connectivity index (χ1n) is 6.33. The Hall–Kier alpha value is -1.89. The summed E-state index contributed by atoms with van der Waals surface area (Å²) in [5.41, 5.74) is -0.0445. The van der Waals surface area contributed by atoms with Crippen LogP contribution in [-0.2, 0) is 13.6 Å². The number of H-pyrrole nitrogens is 1. The summed E-state index contributed by atoms with van der Waals surface area (Å²) in [7, 11) is 1.72. The van der Waals surface area contributed by atoms with Crippen LogP contribution < -0.4 is 11.2 Å². The van der Waals surface area contributed by atoms with Gasteiger partial charge in [0.25, 0.3) is 5.56 Å². The molecule has 2 heterocycles. The molecule has 1 atom stereocenters. The number of imidazole rings is 1. The molecule has 0 aliphatic rings. The van der Waals surface area contributed by atoms with Gasteiger partial charge in [-0.3, -0.25) is 14.3 Å². The van der Waals surface area contributed by atoms with E-state index >= 15 is 0 Å². The van der Waals surface area contributed by atoms with Gasteiger partial charge in [0.05, 0.1) is 12.4 Å². The Bertz CT molecular complexity index is 680. The lowest BCUT2D eigenvalue weighted by molar-refractivity contribution is 0.180. The van der Waals surface area contributed by atoms with E-state index in [1.54, 1.807) is 18.5 Å². The third-order valence-corrected chi connectivity index (χ3v) is 3.11. The molecule has 0 radical (unpaired) electrons. The van der Waals surface area contributed by atoms with Crippen molar-refractivity contribution >= 4 is 11.2 Å². The third kappa shape index (κ3) is 2.76. The lowest BCUT2D eigenvalue weighted by Crippen LogP contribution is -2.35. The lowest BCUT2D eigenvalue weighted by atomic mass is 10.2. The summed E-state index contributed by atoms with van der Waals surface area (Å²) < 4.78 is 2.78.